The maximum atomic E-state index is 11.3. The Bertz CT molecular complexity index is 590. The van der Waals surface area contributed by atoms with Crippen molar-refractivity contribution in [2.75, 3.05) is 12.8 Å². The Hall–Kier alpha value is -2.18. The summed E-state index contributed by atoms with van der Waals surface area (Å²) in [5.41, 5.74) is 7.82. The van der Waals surface area contributed by atoms with Crippen molar-refractivity contribution >= 4 is 17.7 Å². The summed E-state index contributed by atoms with van der Waals surface area (Å²) in [6.45, 7) is 3.66. The van der Waals surface area contributed by atoms with E-state index in [1.807, 2.05) is 13.8 Å². The van der Waals surface area contributed by atoms with Crippen molar-refractivity contribution in [3.63, 3.8) is 0 Å². The number of aryl methyl sites for hydroxylation is 2. The molecule has 0 aliphatic heterocycles. The van der Waals surface area contributed by atoms with E-state index in [-0.39, 0.29) is 18.3 Å². The summed E-state index contributed by atoms with van der Waals surface area (Å²) < 4.78 is 6.17. The number of methoxy groups -OCH3 is 1. The first kappa shape index (κ1) is 11.3. The lowest BCUT2D eigenvalue weighted by Gasteiger charge is -2.08. The van der Waals surface area contributed by atoms with Crippen LogP contribution >= 0.6 is 0 Å². The van der Waals surface area contributed by atoms with Gasteiger partial charge in [-0.25, -0.2) is 4.98 Å². The van der Waals surface area contributed by atoms with Crippen LogP contribution in [-0.2, 0) is 16.0 Å². The molecule has 0 fully saturated rings. The summed E-state index contributed by atoms with van der Waals surface area (Å²) in [4.78, 5) is 19.5. The van der Waals surface area contributed by atoms with E-state index in [1.165, 1.54) is 11.6 Å². The first-order valence-electron chi connectivity index (χ1n) is 5.08. The number of esters is 1. The molecule has 0 aliphatic carbocycles. The minimum atomic E-state index is -0.314. The molecule has 0 amide bonds. The number of hydrogen-bond acceptors (Lipinski definition) is 6. The standard InChI is InChI=1S/C10H13N5O2/c1-5-7(4-8(16)17-3)6(2)15-10(12-5)13-9(11)14-15/h4H2,1-3H3,(H2,11,14). The molecule has 90 valence electrons. The first-order valence-corrected chi connectivity index (χ1v) is 5.08. The highest BCUT2D eigenvalue weighted by Gasteiger charge is 2.15. The number of anilines is 1. The summed E-state index contributed by atoms with van der Waals surface area (Å²) >= 11 is 0. The molecular weight excluding hydrogens is 222 g/mol. The summed E-state index contributed by atoms with van der Waals surface area (Å²) in [7, 11) is 1.35. The van der Waals surface area contributed by atoms with E-state index >= 15 is 0 Å². The van der Waals surface area contributed by atoms with Crippen LogP contribution in [0.25, 0.3) is 5.78 Å². The van der Waals surface area contributed by atoms with Gasteiger partial charge in [0.25, 0.3) is 5.78 Å². The van der Waals surface area contributed by atoms with Crippen molar-refractivity contribution in [2.24, 2.45) is 0 Å². The van der Waals surface area contributed by atoms with Crippen molar-refractivity contribution in [3.05, 3.63) is 17.0 Å². The van der Waals surface area contributed by atoms with Crippen LogP contribution in [0.15, 0.2) is 0 Å². The van der Waals surface area contributed by atoms with Crippen molar-refractivity contribution < 1.29 is 9.53 Å². The zero-order chi connectivity index (χ0) is 12.6. The van der Waals surface area contributed by atoms with Gasteiger partial charge in [0.05, 0.1) is 13.5 Å². The Morgan fingerprint density at radius 1 is 1.41 bits per heavy atom. The molecule has 0 aromatic carbocycles. The van der Waals surface area contributed by atoms with Crippen molar-refractivity contribution in [2.45, 2.75) is 20.3 Å². The van der Waals surface area contributed by atoms with E-state index in [2.05, 4.69) is 19.8 Å². The van der Waals surface area contributed by atoms with Crippen LogP contribution < -0.4 is 5.73 Å². The maximum Gasteiger partial charge on any atom is 0.310 e. The van der Waals surface area contributed by atoms with Gasteiger partial charge in [0.2, 0.25) is 5.95 Å². The molecule has 2 aromatic heterocycles. The van der Waals surface area contributed by atoms with E-state index in [0.717, 1.165) is 17.0 Å². The molecule has 7 heteroatoms. The summed E-state index contributed by atoms with van der Waals surface area (Å²) in [5, 5.41) is 4.02. The van der Waals surface area contributed by atoms with E-state index in [1.54, 1.807) is 0 Å². The van der Waals surface area contributed by atoms with Gasteiger partial charge in [0, 0.05) is 17.0 Å². The second-order valence-corrected chi connectivity index (χ2v) is 3.70. The Morgan fingerprint density at radius 2 is 2.12 bits per heavy atom. The van der Waals surface area contributed by atoms with Gasteiger partial charge < -0.3 is 10.5 Å². The number of nitrogens with zero attached hydrogens (tertiary/aromatic N) is 4. The molecule has 0 radical (unpaired) electrons. The minimum absolute atomic E-state index is 0.162. The lowest BCUT2D eigenvalue weighted by molar-refractivity contribution is -0.139. The number of rotatable bonds is 2. The number of nitrogens with two attached hydrogens (primary N) is 1. The molecule has 2 N–H and O–H groups in total. The maximum absolute atomic E-state index is 11.3. The molecule has 2 rings (SSSR count). The van der Waals surface area contributed by atoms with Gasteiger partial charge in [0.1, 0.15) is 0 Å². The Labute approximate surface area is 97.6 Å². The highest BCUT2D eigenvalue weighted by molar-refractivity contribution is 5.73. The summed E-state index contributed by atoms with van der Waals surface area (Å²) in [5.74, 6) is 0.284. The first-order chi connectivity index (χ1) is 8.02. The summed E-state index contributed by atoms with van der Waals surface area (Å²) in [6.07, 6.45) is 0.164. The fraction of sp³-hybridized carbons (Fsp3) is 0.400. The molecule has 0 saturated carbocycles. The van der Waals surface area contributed by atoms with Crippen LogP contribution in [0, 0.1) is 13.8 Å². The number of carbonyl (C=O) groups excluding carboxylic acids is 1. The molecule has 7 nitrogen and oxygen atoms in total. The average molecular weight is 235 g/mol. The van der Waals surface area contributed by atoms with Crippen molar-refractivity contribution in [1.82, 2.24) is 19.6 Å². The second-order valence-electron chi connectivity index (χ2n) is 3.70. The molecule has 2 heterocycles. The Kier molecular flexibility index (Phi) is 2.66. The van der Waals surface area contributed by atoms with Crippen molar-refractivity contribution in [3.8, 4) is 0 Å². The molecule has 0 spiro atoms. The number of hydrogen-bond donors (Lipinski definition) is 1. The molecule has 0 bridgehead atoms. The normalized spacial score (nSPS) is 10.8. The highest BCUT2D eigenvalue weighted by Crippen LogP contribution is 2.15. The van der Waals surface area contributed by atoms with Crippen LogP contribution in [0.2, 0.25) is 0 Å². The van der Waals surface area contributed by atoms with Crippen LogP contribution in [0.3, 0.4) is 0 Å². The smallest absolute Gasteiger partial charge is 0.310 e. The van der Waals surface area contributed by atoms with Crippen LogP contribution in [0.4, 0.5) is 5.95 Å². The van der Waals surface area contributed by atoms with E-state index in [4.69, 9.17) is 5.73 Å². The molecule has 0 atom stereocenters. The zero-order valence-corrected chi connectivity index (χ0v) is 9.89. The highest BCUT2D eigenvalue weighted by atomic mass is 16.5. The van der Waals surface area contributed by atoms with E-state index in [9.17, 15) is 4.79 Å². The number of ether oxygens (including phenoxy) is 1. The fourth-order valence-electron chi connectivity index (χ4n) is 1.70. The average Bonchev–Trinajstić information content (AvgIpc) is 2.64. The molecule has 2 aromatic rings. The monoisotopic (exact) mass is 235 g/mol. The largest absolute Gasteiger partial charge is 0.469 e. The van der Waals surface area contributed by atoms with Gasteiger partial charge in [-0.1, -0.05) is 0 Å². The Balaban J connectivity index is 2.58. The molecular formula is C10H13N5O2. The fourth-order valence-corrected chi connectivity index (χ4v) is 1.70. The van der Waals surface area contributed by atoms with Gasteiger partial charge in [-0.2, -0.15) is 9.50 Å². The second kappa shape index (κ2) is 4.00. The lowest BCUT2D eigenvalue weighted by atomic mass is 10.1. The lowest BCUT2D eigenvalue weighted by Crippen LogP contribution is -2.12. The quantitative estimate of drug-likeness (QED) is 0.738. The zero-order valence-electron chi connectivity index (χ0n) is 9.89. The third-order valence-electron chi connectivity index (χ3n) is 2.61. The van der Waals surface area contributed by atoms with E-state index in [0.29, 0.717) is 5.78 Å². The predicted octanol–water partition coefficient (Wildman–Crippen LogP) is 0.0388. The topological polar surface area (TPSA) is 95.4 Å². The number of fused-ring (bicyclic) bond motifs is 1. The third kappa shape index (κ3) is 1.91. The minimum Gasteiger partial charge on any atom is -0.469 e. The number of nitrogen functional groups attached to an aromatic ring is 1. The number of aromatic nitrogens is 4. The van der Waals surface area contributed by atoms with Crippen LogP contribution in [0.1, 0.15) is 17.0 Å². The SMILES string of the molecule is COC(=O)Cc1c(C)nc2nc(N)nn2c1C. The van der Waals surface area contributed by atoms with Gasteiger partial charge in [-0.05, 0) is 13.8 Å². The van der Waals surface area contributed by atoms with Gasteiger partial charge in [-0.3, -0.25) is 4.79 Å². The Morgan fingerprint density at radius 3 is 2.76 bits per heavy atom. The van der Waals surface area contributed by atoms with E-state index < -0.39 is 0 Å². The van der Waals surface area contributed by atoms with Gasteiger partial charge in [0.15, 0.2) is 0 Å². The number of carbonyl (C=O) groups is 1. The van der Waals surface area contributed by atoms with Crippen molar-refractivity contribution in [1.29, 1.82) is 0 Å². The molecule has 0 saturated heterocycles. The van der Waals surface area contributed by atoms with Gasteiger partial charge in [-0.15, -0.1) is 5.10 Å². The predicted molar refractivity (Wildman–Crippen MR) is 60.4 cm³/mol. The molecule has 17 heavy (non-hydrogen) atoms. The molecule has 0 unspecified atom stereocenters. The third-order valence-corrected chi connectivity index (χ3v) is 2.61. The van der Waals surface area contributed by atoms with Gasteiger partial charge >= 0.3 is 5.97 Å². The van der Waals surface area contributed by atoms with Crippen LogP contribution in [-0.4, -0.2) is 32.7 Å². The summed E-state index contributed by atoms with van der Waals surface area (Å²) in [6, 6.07) is 0. The molecule has 0 aliphatic rings. The van der Waals surface area contributed by atoms with Crippen LogP contribution in [0.5, 0.6) is 0 Å².